The molecule has 3 rings (SSSR count). The van der Waals surface area contributed by atoms with Gasteiger partial charge in [-0.25, -0.2) is 4.79 Å². The Kier molecular flexibility index (Phi) is 5.91. The number of carboxylic acid groups (broad SMARTS) is 1. The Morgan fingerprint density at radius 1 is 0.964 bits per heavy atom. The molecule has 6 nitrogen and oxygen atoms in total. The summed E-state index contributed by atoms with van der Waals surface area (Å²) in [7, 11) is 1.49. The zero-order valence-corrected chi connectivity index (χ0v) is 15.1. The molecule has 0 atom stereocenters. The molecule has 0 aliphatic carbocycles. The Bertz CT molecular complexity index is 964. The Morgan fingerprint density at radius 3 is 2.29 bits per heavy atom. The molecular formula is C22H18O6. The molecule has 28 heavy (non-hydrogen) atoms. The van der Waals surface area contributed by atoms with E-state index in [4.69, 9.17) is 19.3 Å². The van der Waals surface area contributed by atoms with Gasteiger partial charge in [-0.05, 0) is 35.9 Å². The summed E-state index contributed by atoms with van der Waals surface area (Å²) in [6, 6.07) is 18.6. The lowest BCUT2D eigenvalue weighted by atomic mass is 10.2. The van der Waals surface area contributed by atoms with Crippen LogP contribution in [0.5, 0.6) is 23.0 Å². The molecule has 0 saturated carbocycles. The first-order valence-electron chi connectivity index (χ1n) is 8.46. The van der Waals surface area contributed by atoms with Crippen molar-refractivity contribution in [3.8, 4) is 23.0 Å². The second-order valence-corrected chi connectivity index (χ2v) is 5.86. The fourth-order valence-electron chi connectivity index (χ4n) is 2.54. The van der Waals surface area contributed by atoms with Crippen molar-refractivity contribution >= 4 is 12.3 Å². The van der Waals surface area contributed by atoms with Crippen LogP contribution < -0.4 is 14.2 Å². The minimum atomic E-state index is -1.03. The molecule has 0 unspecified atom stereocenters. The molecule has 0 aliphatic heterocycles. The second kappa shape index (κ2) is 8.73. The second-order valence-electron chi connectivity index (χ2n) is 5.86. The molecule has 1 N–H and O–H groups in total. The average molecular weight is 378 g/mol. The maximum atomic E-state index is 11.5. The van der Waals surface area contributed by atoms with Crippen LogP contribution in [0.25, 0.3) is 0 Å². The number of hydrogen-bond donors (Lipinski definition) is 1. The van der Waals surface area contributed by atoms with Crippen LogP contribution in [0.2, 0.25) is 0 Å². The van der Waals surface area contributed by atoms with Gasteiger partial charge in [-0.1, -0.05) is 30.3 Å². The van der Waals surface area contributed by atoms with E-state index < -0.39 is 5.97 Å². The number of carbonyl (C=O) groups excluding carboxylic acids is 1. The van der Waals surface area contributed by atoms with Crippen LogP contribution in [0.15, 0.2) is 66.7 Å². The van der Waals surface area contributed by atoms with Gasteiger partial charge in [0.05, 0.1) is 18.2 Å². The van der Waals surface area contributed by atoms with Gasteiger partial charge in [0.2, 0.25) is 0 Å². The van der Waals surface area contributed by atoms with Gasteiger partial charge in [-0.3, -0.25) is 4.79 Å². The van der Waals surface area contributed by atoms with Crippen molar-refractivity contribution < 1.29 is 28.9 Å². The molecule has 0 saturated heterocycles. The van der Waals surface area contributed by atoms with Gasteiger partial charge in [0.25, 0.3) is 0 Å². The summed E-state index contributed by atoms with van der Waals surface area (Å²) in [6.45, 7) is 0.324. The third kappa shape index (κ3) is 4.48. The molecule has 0 aliphatic rings. The lowest BCUT2D eigenvalue weighted by molar-refractivity contribution is 0.0696. The average Bonchev–Trinajstić information content (AvgIpc) is 2.73. The molecule has 3 aromatic carbocycles. The predicted octanol–water partition coefficient (Wildman–Crippen LogP) is 4.58. The summed E-state index contributed by atoms with van der Waals surface area (Å²) in [4.78, 5) is 22.4. The molecular weight excluding hydrogens is 360 g/mol. The lowest BCUT2D eigenvalue weighted by Crippen LogP contribution is -2.00. The molecule has 0 radical (unpaired) electrons. The number of rotatable bonds is 8. The van der Waals surface area contributed by atoms with Gasteiger partial charge in [0, 0.05) is 6.07 Å². The Balaban J connectivity index is 1.86. The third-order valence-corrected chi connectivity index (χ3v) is 3.99. The van der Waals surface area contributed by atoms with Crippen molar-refractivity contribution in [2.24, 2.45) is 0 Å². The first-order chi connectivity index (χ1) is 13.6. The highest BCUT2D eigenvalue weighted by atomic mass is 16.5. The quantitative estimate of drug-likeness (QED) is 0.578. The SMILES string of the molecule is COc1cc(C=O)c(Oc2ccc(C(=O)O)cc2)cc1OCc1ccccc1. The third-order valence-electron chi connectivity index (χ3n) is 3.99. The number of carbonyl (C=O) groups is 2. The number of carboxylic acids is 1. The largest absolute Gasteiger partial charge is 0.493 e. The molecule has 0 spiro atoms. The predicted molar refractivity (Wildman–Crippen MR) is 103 cm³/mol. The van der Waals surface area contributed by atoms with Crippen LogP contribution in [0.1, 0.15) is 26.3 Å². The Morgan fingerprint density at radius 2 is 1.68 bits per heavy atom. The van der Waals surface area contributed by atoms with Crippen LogP contribution in [-0.2, 0) is 6.61 Å². The van der Waals surface area contributed by atoms with Crippen LogP contribution in [0.3, 0.4) is 0 Å². The first kappa shape index (κ1) is 19.0. The molecule has 0 heterocycles. The molecule has 3 aromatic rings. The summed E-state index contributed by atoms with van der Waals surface area (Å²) in [5.41, 5.74) is 1.41. The number of aldehydes is 1. The minimum Gasteiger partial charge on any atom is -0.493 e. The van der Waals surface area contributed by atoms with Crippen molar-refractivity contribution in [3.63, 3.8) is 0 Å². The normalized spacial score (nSPS) is 10.2. The van der Waals surface area contributed by atoms with E-state index in [9.17, 15) is 9.59 Å². The Labute approximate surface area is 161 Å². The van der Waals surface area contributed by atoms with E-state index in [0.717, 1.165) is 5.56 Å². The van der Waals surface area contributed by atoms with Crippen molar-refractivity contribution in [1.29, 1.82) is 0 Å². The van der Waals surface area contributed by atoms with Gasteiger partial charge in [0.15, 0.2) is 17.8 Å². The Hall–Kier alpha value is -3.80. The van der Waals surface area contributed by atoms with E-state index in [2.05, 4.69) is 0 Å². The van der Waals surface area contributed by atoms with E-state index in [1.54, 1.807) is 6.07 Å². The van der Waals surface area contributed by atoms with E-state index in [-0.39, 0.29) is 16.9 Å². The number of aromatic carboxylic acids is 1. The fraction of sp³-hybridized carbons (Fsp3) is 0.0909. The maximum absolute atomic E-state index is 11.5. The number of hydrogen-bond acceptors (Lipinski definition) is 5. The first-order valence-corrected chi connectivity index (χ1v) is 8.46. The van der Waals surface area contributed by atoms with Crippen molar-refractivity contribution in [1.82, 2.24) is 0 Å². The number of benzene rings is 3. The van der Waals surface area contributed by atoms with Gasteiger partial charge in [-0.15, -0.1) is 0 Å². The summed E-state index contributed by atoms with van der Waals surface area (Å²) in [5.74, 6) is 0.483. The fourth-order valence-corrected chi connectivity index (χ4v) is 2.54. The number of methoxy groups -OCH3 is 1. The lowest BCUT2D eigenvalue weighted by Gasteiger charge is -2.15. The highest BCUT2D eigenvalue weighted by Gasteiger charge is 2.14. The molecule has 6 heteroatoms. The van der Waals surface area contributed by atoms with Crippen molar-refractivity contribution in [3.05, 3.63) is 83.4 Å². The highest BCUT2D eigenvalue weighted by Crippen LogP contribution is 2.36. The van der Waals surface area contributed by atoms with Crippen LogP contribution in [-0.4, -0.2) is 24.5 Å². The van der Waals surface area contributed by atoms with Crippen LogP contribution >= 0.6 is 0 Å². The summed E-state index contributed by atoms with van der Waals surface area (Å²) < 4.78 is 16.9. The van der Waals surface area contributed by atoms with Crippen LogP contribution in [0.4, 0.5) is 0 Å². The smallest absolute Gasteiger partial charge is 0.335 e. The molecule has 0 bridgehead atoms. The standard InChI is InChI=1S/C22H18O6/c1-26-20-11-17(13-23)19(28-18-9-7-16(8-10-18)22(24)25)12-21(20)27-14-15-5-3-2-4-6-15/h2-13H,14H2,1H3,(H,24,25). The van der Waals surface area contributed by atoms with Crippen LogP contribution in [0, 0.1) is 0 Å². The summed E-state index contributed by atoms with van der Waals surface area (Å²) >= 11 is 0. The van der Waals surface area contributed by atoms with E-state index in [1.807, 2.05) is 30.3 Å². The van der Waals surface area contributed by atoms with Gasteiger partial charge in [0.1, 0.15) is 18.1 Å². The molecule has 0 aromatic heterocycles. The monoisotopic (exact) mass is 378 g/mol. The highest BCUT2D eigenvalue weighted by molar-refractivity contribution is 5.87. The zero-order chi connectivity index (χ0) is 19.9. The maximum Gasteiger partial charge on any atom is 0.335 e. The molecule has 0 fully saturated rings. The van der Waals surface area contributed by atoms with E-state index in [0.29, 0.717) is 30.1 Å². The number of ether oxygens (including phenoxy) is 3. The summed E-state index contributed by atoms with van der Waals surface area (Å²) in [5, 5.41) is 8.98. The minimum absolute atomic E-state index is 0.143. The molecule has 142 valence electrons. The van der Waals surface area contributed by atoms with Gasteiger partial charge < -0.3 is 19.3 Å². The van der Waals surface area contributed by atoms with Crippen molar-refractivity contribution in [2.45, 2.75) is 6.61 Å². The van der Waals surface area contributed by atoms with Gasteiger partial charge >= 0.3 is 5.97 Å². The zero-order valence-electron chi connectivity index (χ0n) is 15.1. The summed E-state index contributed by atoms with van der Waals surface area (Å²) in [6.07, 6.45) is 0.657. The topological polar surface area (TPSA) is 82.1 Å². The van der Waals surface area contributed by atoms with Crippen molar-refractivity contribution in [2.75, 3.05) is 7.11 Å². The van der Waals surface area contributed by atoms with E-state index >= 15 is 0 Å². The van der Waals surface area contributed by atoms with E-state index in [1.165, 1.54) is 37.4 Å². The molecule has 0 amide bonds. The van der Waals surface area contributed by atoms with Gasteiger partial charge in [-0.2, -0.15) is 0 Å².